The molecule has 0 fully saturated rings. The molecule has 0 N–H and O–H groups in total. The van der Waals surface area contributed by atoms with Crippen LogP contribution in [0.4, 0.5) is 0 Å². The van der Waals surface area contributed by atoms with Crippen molar-refractivity contribution in [3.8, 4) is 11.5 Å². The standard InChI is InChI=1S/C15H16Cl2O2S/c1-4-9-7-8-20-15(9)12(16)10-5-6-11(18-2)13(17)14(10)19-3/h5-8,12H,4H2,1-3H3. The molecule has 0 bridgehead atoms. The van der Waals surface area contributed by atoms with E-state index in [0.29, 0.717) is 16.5 Å². The van der Waals surface area contributed by atoms with Gasteiger partial charge in [-0.25, -0.2) is 0 Å². The number of hydrogen-bond acceptors (Lipinski definition) is 3. The summed E-state index contributed by atoms with van der Waals surface area (Å²) in [6.07, 6.45) is 0.953. The van der Waals surface area contributed by atoms with E-state index in [9.17, 15) is 0 Å². The van der Waals surface area contributed by atoms with Gasteiger partial charge in [0.1, 0.15) is 16.5 Å². The minimum atomic E-state index is -0.275. The number of halogens is 2. The summed E-state index contributed by atoms with van der Waals surface area (Å²) >= 11 is 14.6. The Hall–Kier alpha value is -0.900. The zero-order valence-electron chi connectivity index (χ0n) is 11.6. The Labute approximate surface area is 133 Å². The zero-order chi connectivity index (χ0) is 14.7. The Kier molecular flexibility index (Phi) is 5.19. The SMILES string of the molecule is CCc1ccsc1C(Cl)c1ccc(OC)c(Cl)c1OC. The third-order valence-electron chi connectivity index (χ3n) is 3.18. The minimum absolute atomic E-state index is 0.275. The van der Waals surface area contributed by atoms with Crippen LogP contribution in [0.15, 0.2) is 23.6 Å². The van der Waals surface area contributed by atoms with E-state index in [0.717, 1.165) is 16.9 Å². The number of ether oxygens (including phenoxy) is 2. The largest absolute Gasteiger partial charge is 0.495 e. The maximum absolute atomic E-state index is 6.64. The van der Waals surface area contributed by atoms with Gasteiger partial charge in [-0.1, -0.05) is 18.5 Å². The molecule has 0 aliphatic heterocycles. The van der Waals surface area contributed by atoms with Gasteiger partial charge in [-0.15, -0.1) is 22.9 Å². The molecule has 2 aromatic rings. The van der Waals surface area contributed by atoms with Crippen molar-refractivity contribution in [1.82, 2.24) is 0 Å². The fourth-order valence-electron chi connectivity index (χ4n) is 2.12. The highest BCUT2D eigenvalue weighted by Crippen LogP contribution is 2.45. The van der Waals surface area contributed by atoms with Crippen LogP contribution in [-0.4, -0.2) is 14.2 Å². The van der Waals surface area contributed by atoms with Crippen molar-refractivity contribution in [3.05, 3.63) is 44.6 Å². The van der Waals surface area contributed by atoms with Crippen molar-refractivity contribution in [3.63, 3.8) is 0 Å². The first-order valence-electron chi connectivity index (χ1n) is 6.24. The topological polar surface area (TPSA) is 18.5 Å². The second-order valence-corrected chi connectivity index (χ2v) is 5.99. The first-order valence-corrected chi connectivity index (χ1v) is 7.94. The molecular weight excluding hydrogens is 315 g/mol. The maximum atomic E-state index is 6.64. The van der Waals surface area contributed by atoms with E-state index in [1.54, 1.807) is 25.6 Å². The summed E-state index contributed by atoms with van der Waals surface area (Å²) in [5.74, 6) is 1.15. The van der Waals surface area contributed by atoms with Crippen molar-refractivity contribution in [2.45, 2.75) is 18.7 Å². The van der Waals surface area contributed by atoms with Crippen LogP contribution in [0.5, 0.6) is 11.5 Å². The first-order chi connectivity index (χ1) is 9.63. The summed E-state index contributed by atoms with van der Waals surface area (Å²) in [5.41, 5.74) is 2.11. The Morgan fingerprint density at radius 1 is 1.20 bits per heavy atom. The molecule has 0 aliphatic rings. The van der Waals surface area contributed by atoms with Gasteiger partial charge >= 0.3 is 0 Å². The molecule has 0 aliphatic carbocycles. The fourth-order valence-corrected chi connectivity index (χ4v) is 3.90. The number of alkyl halides is 1. The molecule has 2 rings (SSSR count). The van der Waals surface area contributed by atoms with Gasteiger partial charge in [0.05, 0.1) is 19.6 Å². The van der Waals surface area contributed by atoms with E-state index in [4.69, 9.17) is 32.7 Å². The smallest absolute Gasteiger partial charge is 0.146 e. The zero-order valence-corrected chi connectivity index (χ0v) is 13.9. The highest BCUT2D eigenvalue weighted by atomic mass is 35.5. The van der Waals surface area contributed by atoms with Crippen LogP contribution >= 0.6 is 34.5 Å². The van der Waals surface area contributed by atoms with Gasteiger partial charge < -0.3 is 9.47 Å². The van der Waals surface area contributed by atoms with Gasteiger partial charge in [0.2, 0.25) is 0 Å². The summed E-state index contributed by atoms with van der Waals surface area (Å²) in [4.78, 5) is 1.13. The molecule has 0 saturated carbocycles. The molecule has 0 radical (unpaired) electrons. The van der Waals surface area contributed by atoms with Gasteiger partial charge in [-0.3, -0.25) is 0 Å². The first kappa shape index (κ1) is 15.5. The normalized spacial score (nSPS) is 12.2. The molecule has 20 heavy (non-hydrogen) atoms. The van der Waals surface area contributed by atoms with Crippen LogP contribution in [0.3, 0.4) is 0 Å². The molecule has 5 heteroatoms. The highest BCUT2D eigenvalue weighted by molar-refractivity contribution is 7.10. The summed E-state index contributed by atoms with van der Waals surface area (Å²) in [7, 11) is 3.16. The molecule has 1 heterocycles. The van der Waals surface area contributed by atoms with E-state index < -0.39 is 0 Å². The van der Waals surface area contributed by atoms with Crippen LogP contribution in [-0.2, 0) is 6.42 Å². The average Bonchev–Trinajstić information content (AvgIpc) is 2.94. The lowest BCUT2D eigenvalue weighted by Gasteiger charge is -2.17. The van der Waals surface area contributed by atoms with Gasteiger partial charge in [-0.2, -0.15) is 0 Å². The second kappa shape index (κ2) is 6.70. The number of methoxy groups -OCH3 is 2. The molecule has 1 atom stereocenters. The van der Waals surface area contributed by atoms with Crippen LogP contribution < -0.4 is 9.47 Å². The molecular formula is C15H16Cl2O2S. The Morgan fingerprint density at radius 2 is 1.95 bits per heavy atom. The van der Waals surface area contributed by atoms with Crippen molar-refractivity contribution in [2.24, 2.45) is 0 Å². The quantitative estimate of drug-likeness (QED) is 0.691. The number of rotatable bonds is 5. The number of aryl methyl sites for hydroxylation is 1. The van der Waals surface area contributed by atoms with Gasteiger partial charge in [-0.05, 0) is 35.6 Å². The lowest BCUT2D eigenvalue weighted by Crippen LogP contribution is -2.00. The van der Waals surface area contributed by atoms with E-state index in [1.807, 2.05) is 12.1 Å². The summed E-state index contributed by atoms with van der Waals surface area (Å²) < 4.78 is 10.6. The Bertz CT molecular complexity index is 596. The average molecular weight is 331 g/mol. The lowest BCUT2D eigenvalue weighted by atomic mass is 10.1. The van der Waals surface area contributed by atoms with Crippen molar-refractivity contribution >= 4 is 34.5 Å². The highest BCUT2D eigenvalue weighted by Gasteiger charge is 2.22. The second-order valence-electron chi connectivity index (χ2n) is 4.23. The Morgan fingerprint density at radius 3 is 2.55 bits per heavy atom. The van der Waals surface area contributed by atoms with Gasteiger partial charge in [0, 0.05) is 10.4 Å². The minimum Gasteiger partial charge on any atom is -0.495 e. The molecule has 1 aromatic heterocycles. The Balaban J connectivity index is 2.49. The van der Waals surface area contributed by atoms with Crippen molar-refractivity contribution in [1.29, 1.82) is 0 Å². The van der Waals surface area contributed by atoms with Crippen molar-refractivity contribution in [2.75, 3.05) is 14.2 Å². The third-order valence-corrected chi connectivity index (χ3v) is 5.15. The summed E-state index contributed by atoms with van der Waals surface area (Å²) in [6.45, 7) is 2.12. The van der Waals surface area contributed by atoms with E-state index in [1.165, 1.54) is 5.56 Å². The van der Waals surface area contributed by atoms with E-state index in [-0.39, 0.29) is 5.38 Å². The predicted octanol–water partition coefficient (Wildman–Crippen LogP) is 5.31. The number of hydrogen-bond donors (Lipinski definition) is 0. The lowest BCUT2D eigenvalue weighted by molar-refractivity contribution is 0.392. The predicted molar refractivity (Wildman–Crippen MR) is 85.9 cm³/mol. The maximum Gasteiger partial charge on any atom is 0.146 e. The molecule has 0 saturated heterocycles. The van der Waals surface area contributed by atoms with E-state index in [2.05, 4.69) is 18.4 Å². The fraction of sp³-hybridized carbons (Fsp3) is 0.333. The third kappa shape index (κ3) is 2.76. The van der Waals surface area contributed by atoms with Crippen LogP contribution in [0, 0.1) is 0 Å². The van der Waals surface area contributed by atoms with Gasteiger partial charge in [0.25, 0.3) is 0 Å². The van der Waals surface area contributed by atoms with Crippen LogP contribution in [0.2, 0.25) is 5.02 Å². The van der Waals surface area contributed by atoms with Crippen LogP contribution in [0.1, 0.15) is 28.3 Å². The molecule has 1 unspecified atom stereocenters. The van der Waals surface area contributed by atoms with Crippen LogP contribution in [0.25, 0.3) is 0 Å². The number of benzene rings is 1. The summed E-state index contributed by atoms with van der Waals surface area (Å²) in [6, 6.07) is 5.82. The summed E-state index contributed by atoms with van der Waals surface area (Å²) in [5, 5.41) is 2.23. The van der Waals surface area contributed by atoms with Gasteiger partial charge in [0.15, 0.2) is 0 Å². The molecule has 0 spiro atoms. The van der Waals surface area contributed by atoms with Crippen molar-refractivity contribution < 1.29 is 9.47 Å². The number of thiophene rings is 1. The molecule has 2 nitrogen and oxygen atoms in total. The molecule has 108 valence electrons. The monoisotopic (exact) mass is 330 g/mol. The van der Waals surface area contributed by atoms with E-state index >= 15 is 0 Å². The molecule has 1 aromatic carbocycles. The molecule has 0 amide bonds.